The maximum Gasteiger partial charge on any atom is 0.315 e. The Balaban J connectivity index is 1.12. The molecule has 150 valence electrons. The van der Waals surface area contributed by atoms with Crippen LogP contribution in [0.15, 0.2) is 46.9 Å². The summed E-state index contributed by atoms with van der Waals surface area (Å²) in [6.45, 7) is 0. The Morgan fingerprint density at radius 1 is 1.10 bits per heavy atom. The van der Waals surface area contributed by atoms with Gasteiger partial charge in [-0.25, -0.2) is 4.79 Å². The number of fused-ring (bicyclic) bond motifs is 4. The number of urea groups is 1. The van der Waals surface area contributed by atoms with Gasteiger partial charge in [0.25, 0.3) is 0 Å². The van der Waals surface area contributed by atoms with Crippen molar-refractivity contribution in [3.63, 3.8) is 0 Å². The lowest BCUT2D eigenvalue weighted by atomic mass is 10.0. The molecule has 2 aliphatic heterocycles. The van der Waals surface area contributed by atoms with E-state index in [2.05, 4.69) is 16.0 Å². The zero-order valence-electron chi connectivity index (χ0n) is 15.9. The first-order chi connectivity index (χ1) is 14.2. The molecule has 0 saturated carbocycles. The van der Waals surface area contributed by atoms with Crippen LogP contribution in [0.5, 0.6) is 0 Å². The standard InChI is InChI=1S/C22H23N3O3S/c26-20(8-4-3-7-19-21-16(12-29-19)24-22(27)25-21)23-13-9-10-15-14-5-1-2-6-17(14)28-18(15)11-13/h1-2,5-6,9-11,16,19,21H,3-4,7-8,12H2,(H,23,26)(H2,24,25,27)/t16-,19-,21-/m0/s1. The van der Waals surface area contributed by atoms with E-state index in [9.17, 15) is 9.59 Å². The molecule has 2 aliphatic rings. The highest BCUT2D eigenvalue weighted by Crippen LogP contribution is 2.33. The number of carbonyl (C=O) groups is 2. The second-order valence-corrected chi connectivity index (χ2v) is 9.00. The molecule has 3 heterocycles. The van der Waals surface area contributed by atoms with Crippen molar-refractivity contribution in [3.05, 3.63) is 42.5 Å². The topological polar surface area (TPSA) is 83.4 Å². The van der Waals surface area contributed by atoms with Gasteiger partial charge in [-0.15, -0.1) is 0 Å². The number of hydrogen-bond acceptors (Lipinski definition) is 4. The summed E-state index contributed by atoms with van der Waals surface area (Å²) in [6, 6.07) is 14.2. The second kappa shape index (κ2) is 7.63. The molecule has 3 amide bonds. The molecule has 3 atom stereocenters. The van der Waals surface area contributed by atoms with Crippen molar-refractivity contribution in [2.24, 2.45) is 0 Å². The van der Waals surface area contributed by atoms with Gasteiger partial charge in [-0.3, -0.25) is 4.79 Å². The van der Waals surface area contributed by atoms with Gasteiger partial charge in [-0.1, -0.05) is 24.6 Å². The monoisotopic (exact) mass is 409 g/mol. The van der Waals surface area contributed by atoms with E-state index >= 15 is 0 Å². The van der Waals surface area contributed by atoms with Gasteiger partial charge in [0.05, 0.1) is 12.1 Å². The van der Waals surface area contributed by atoms with Gasteiger partial charge in [0.1, 0.15) is 11.2 Å². The van der Waals surface area contributed by atoms with E-state index in [1.165, 1.54) is 0 Å². The Bertz CT molecular complexity index is 1080. The minimum absolute atomic E-state index is 0.0215. The maximum atomic E-state index is 12.3. The Hall–Kier alpha value is -2.67. The predicted octanol–water partition coefficient (Wildman–Crippen LogP) is 4.25. The van der Waals surface area contributed by atoms with E-state index in [0.29, 0.717) is 11.7 Å². The molecule has 5 rings (SSSR count). The van der Waals surface area contributed by atoms with Crippen LogP contribution in [0.25, 0.3) is 21.9 Å². The normalized spacial score (nSPS) is 23.2. The van der Waals surface area contributed by atoms with E-state index < -0.39 is 0 Å². The van der Waals surface area contributed by atoms with Crippen molar-refractivity contribution in [2.45, 2.75) is 43.0 Å². The molecule has 2 saturated heterocycles. The number of carbonyl (C=O) groups excluding carboxylic acids is 2. The van der Waals surface area contributed by atoms with Crippen LogP contribution in [0.4, 0.5) is 10.5 Å². The molecular formula is C22H23N3O3S. The highest BCUT2D eigenvalue weighted by molar-refractivity contribution is 8.00. The molecular weight excluding hydrogens is 386 g/mol. The van der Waals surface area contributed by atoms with E-state index in [1.54, 1.807) is 0 Å². The van der Waals surface area contributed by atoms with Gasteiger partial charge in [0.2, 0.25) is 5.91 Å². The lowest BCUT2D eigenvalue weighted by molar-refractivity contribution is -0.116. The molecule has 3 aromatic rings. The number of unbranched alkanes of at least 4 members (excludes halogenated alkanes) is 1. The summed E-state index contributed by atoms with van der Waals surface area (Å²) in [5.74, 6) is 0.993. The van der Waals surface area contributed by atoms with Gasteiger partial charge < -0.3 is 20.4 Å². The first-order valence-corrected chi connectivity index (χ1v) is 11.1. The number of thioether (sulfide) groups is 1. The predicted molar refractivity (Wildman–Crippen MR) is 116 cm³/mol. The summed E-state index contributed by atoms with van der Waals surface area (Å²) in [6.07, 6.45) is 3.33. The Labute approximate surface area is 172 Å². The molecule has 29 heavy (non-hydrogen) atoms. The highest BCUT2D eigenvalue weighted by atomic mass is 32.2. The zero-order chi connectivity index (χ0) is 19.8. The first-order valence-electron chi connectivity index (χ1n) is 10.1. The van der Waals surface area contributed by atoms with Crippen LogP contribution in [0.1, 0.15) is 25.7 Å². The Morgan fingerprint density at radius 2 is 1.97 bits per heavy atom. The summed E-state index contributed by atoms with van der Waals surface area (Å²) in [5.41, 5.74) is 2.39. The fourth-order valence-corrected chi connectivity index (χ4v) is 5.84. The van der Waals surface area contributed by atoms with Crippen molar-refractivity contribution in [1.29, 1.82) is 0 Å². The lowest BCUT2D eigenvalue weighted by Crippen LogP contribution is -2.36. The Morgan fingerprint density at radius 3 is 2.90 bits per heavy atom. The van der Waals surface area contributed by atoms with Crippen molar-refractivity contribution in [3.8, 4) is 0 Å². The third-order valence-electron chi connectivity index (χ3n) is 5.74. The van der Waals surface area contributed by atoms with Crippen molar-refractivity contribution in [1.82, 2.24) is 10.6 Å². The minimum Gasteiger partial charge on any atom is -0.456 e. The summed E-state index contributed by atoms with van der Waals surface area (Å²) in [7, 11) is 0. The smallest absolute Gasteiger partial charge is 0.315 e. The largest absolute Gasteiger partial charge is 0.456 e. The van der Waals surface area contributed by atoms with Crippen LogP contribution in [0, 0.1) is 0 Å². The average molecular weight is 410 g/mol. The van der Waals surface area contributed by atoms with Crippen LogP contribution in [-0.2, 0) is 4.79 Å². The molecule has 0 spiro atoms. The van der Waals surface area contributed by atoms with Crippen LogP contribution in [-0.4, -0.2) is 35.0 Å². The molecule has 0 bridgehead atoms. The molecule has 6 nitrogen and oxygen atoms in total. The zero-order valence-corrected chi connectivity index (χ0v) is 16.8. The number of amides is 3. The second-order valence-electron chi connectivity index (χ2n) is 7.72. The third-order valence-corrected chi connectivity index (χ3v) is 7.25. The van der Waals surface area contributed by atoms with Crippen LogP contribution in [0.2, 0.25) is 0 Å². The number of hydrogen-bond donors (Lipinski definition) is 3. The maximum absolute atomic E-state index is 12.3. The van der Waals surface area contributed by atoms with Gasteiger partial charge in [0, 0.05) is 39.9 Å². The van der Waals surface area contributed by atoms with Gasteiger partial charge in [-0.2, -0.15) is 11.8 Å². The number of rotatable bonds is 6. The molecule has 0 aliphatic carbocycles. The molecule has 3 N–H and O–H groups in total. The summed E-state index contributed by atoms with van der Waals surface area (Å²) >= 11 is 1.91. The summed E-state index contributed by atoms with van der Waals surface area (Å²) in [5, 5.41) is 11.5. The van der Waals surface area contributed by atoms with Crippen LogP contribution < -0.4 is 16.0 Å². The van der Waals surface area contributed by atoms with Gasteiger partial charge in [-0.05, 0) is 31.0 Å². The first kappa shape index (κ1) is 18.4. The Kier molecular flexibility index (Phi) is 4.83. The molecule has 0 radical (unpaired) electrons. The van der Waals surface area contributed by atoms with Crippen molar-refractivity contribution < 1.29 is 14.0 Å². The summed E-state index contributed by atoms with van der Waals surface area (Å²) < 4.78 is 5.88. The quantitative estimate of drug-likeness (QED) is 0.420. The van der Waals surface area contributed by atoms with Gasteiger partial charge >= 0.3 is 6.03 Å². The minimum atomic E-state index is -0.0499. The van der Waals surface area contributed by atoms with E-state index in [-0.39, 0.29) is 24.0 Å². The van der Waals surface area contributed by atoms with Crippen LogP contribution in [0.3, 0.4) is 0 Å². The number of nitrogens with one attached hydrogen (secondary N) is 3. The molecule has 1 aromatic heterocycles. The van der Waals surface area contributed by atoms with Gasteiger partial charge in [0.15, 0.2) is 0 Å². The summed E-state index contributed by atoms with van der Waals surface area (Å²) in [4.78, 5) is 23.8. The fraction of sp³-hybridized carbons (Fsp3) is 0.364. The number of para-hydroxylation sites is 1. The number of anilines is 1. The SMILES string of the molecule is O=C(CCCC[C@@H]1SC[C@@H]2NC(=O)N[C@@H]21)Nc1ccc2c(c1)oc1ccccc12. The molecule has 7 heteroatoms. The van der Waals surface area contributed by atoms with E-state index in [4.69, 9.17) is 4.42 Å². The molecule has 2 aromatic carbocycles. The third kappa shape index (κ3) is 3.67. The van der Waals surface area contributed by atoms with E-state index in [1.807, 2.05) is 54.2 Å². The van der Waals surface area contributed by atoms with Crippen molar-refractivity contribution >= 4 is 51.3 Å². The molecule has 2 fully saturated rings. The van der Waals surface area contributed by atoms with Crippen LogP contribution >= 0.6 is 11.8 Å². The molecule has 0 unspecified atom stereocenters. The highest BCUT2D eigenvalue weighted by Gasteiger charge is 2.42. The number of benzene rings is 2. The van der Waals surface area contributed by atoms with E-state index in [0.717, 1.165) is 52.6 Å². The lowest BCUT2D eigenvalue weighted by Gasteiger charge is -2.16. The fourth-order valence-electron chi connectivity index (χ4n) is 4.30. The van der Waals surface area contributed by atoms with Crippen molar-refractivity contribution in [2.75, 3.05) is 11.1 Å². The number of furan rings is 1. The average Bonchev–Trinajstić information content (AvgIpc) is 3.37.